The van der Waals surface area contributed by atoms with Crippen molar-refractivity contribution in [3.63, 3.8) is 0 Å². The Labute approximate surface area is 235 Å². The summed E-state index contributed by atoms with van der Waals surface area (Å²) >= 11 is 3.51. The number of benzene rings is 2. The number of hydrogen-bond donors (Lipinski definition) is 3. The number of fused-ring (bicyclic) bond motifs is 1. The number of hydrogen-bond acceptors (Lipinski definition) is 4. The van der Waals surface area contributed by atoms with Crippen LogP contribution in [0.15, 0.2) is 53.0 Å². The number of anilines is 1. The summed E-state index contributed by atoms with van der Waals surface area (Å²) in [6, 6.07) is 14.9. The van der Waals surface area contributed by atoms with Gasteiger partial charge in [-0.2, -0.15) is 0 Å². The van der Waals surface area contributed by atoms with Crippen molar-refractivity contribution in [2.75, 3.05) is 18.4 Å². The number of carboxylic acids is 1. The zero-order valence-electron chi connectivity index (χ0n) is 21.9. The van der Waals surface area contributed by atoms with E-state index in [4.69, 9.17) is 5.73 Å². The van der Waals surface area contributed by atoms with E-state index >= 15 is 0 Å². The van der Waals surface area contributed by atoms with E-state index in [0.717, 1.165) is 41.5 Å². The first-order valence-electron chi connectivity index (χ1n) is 13.1. The van der Waals surface area contributed by atoms with Gasteiger partial charge in [0.15, 0.2) is 0 Å². The normalized spacial score (nSPS) is 17.0. The highest BCUT2D eigenvalue weighted by Crippen LogP contribution is 2.43. The molecule has 0 aliphatic carbocycles. The Kier molecular flexibility index (Phi) is 7.46. The van der Waals surface area contributed by atoms with Crippen LogP contribution in [0.4, 0.5) is 5.69 Å². The highest BCUT2D eigenvalue weighted by molar-refractivity contribution is 9.10. The molecule has 1 atom stereocenters. The van der Waals surface area contributed by atoms with E-state index in [9.17, 15) is 19.5 Å². The Morgan fingerprint density at radius 1 is 1.13 bits per heavy atom. The van der Waals surface area contributed by atoms with Crippen LogP contribution in [-0.4, -0.2) is 45.4 Å². The van der Waals surface area contributed by atoms with Gasteiger partial charge < -0.3 is 20.7 Å². The summed E-state index contributed by atoms with van der Waals surface area (Å²) in [6.45, 7) is 5.43. The van der Waals surface area contributed by atoms with Crippen LogP contribution in [0, 0.1) is 0 Å². The van der Waals surface area contributed by atoms with Crippen molar-refractivity contribution < 1.29 is 19.5 Å². The maximum absolute atomic E-state index is 13.3. The average Bonchev–Trinajstić information content (AvgIpc) is 3.60. The van der Waals surface area contributed by atoms with Crippen LogP contribution in [0.3, 0.4) is 0 Å². The van der Waals surface area contributed by atoms with Crippen molar-refractivity contribution >= 4 is 51.1 Å². The molecule has 202 valence electrons. The second-order valence-corrected chi connectivity index (χ2v) is 11.2. The zero-order valence-corrected chi connectivity index (χ0v) is 23.5. The molecular formula is C30H31BrN4O4. The number of carbonyl (C=O) groups excluding carboxylic acids is 2. The molecule has 0 spiro atoms. The van der Waals surface area contributed by atoms with E-state index in [1.807, 2.05) is 66.9 Å². The fourth-order valence-electron chi connectivity index (χ4n) is 5.81. The number of primary amides is 1. The molecule has 0 saturated carbocycles. The minimum absolute atomic E-state index is 0.0200. The minimum Gasteiger partial charge on any atom is -0.478 e. The van der Waals surface area contributed by atoms with Gasteiger partial charge >= 0.3 is 5.97 Å². The van der Waals surface area contributed by atoms with Gasteiger partial charge in [-0.05, 0) is 48.6 Å². The van der Waals surface area contributed by atoms with Crippen molar-refractivity contribution in [1.82, 2.24) is 9.47 Å². The molecule has 2 amide bonds. The second-order valence-electron chi connectivity index (χ2n) is 10.3. The molecule has 2 aromatic carbocycles. The third-order valence-corrected chi connectivity index (χ3v) is 7.89. The number of likely N-dealkylation sites (tertiary alicyclic amines) is 1. The summed E-state index contributed by atoms with van der Waals surface area (Å²) in [6.07, 6.45) is 3.26. The third kappa shape index (κ3) is 5.04. The molecule has 3 aromatic rings. The summed E-state index contributed by atoms with van der Waals surface area (Å²) in [5.74, 6) is -2.00. The van der Waals surface area contributed by atoms with Crippen LogP contribution in [0.25, 0.3) is 22.8 Å². The zero-order chi connectivity index (χ0) is 27.8. The molecule has 1 aromatic heterocycles. The number of carbonyl (C=O) groups is 3. The van der Waals surface area contributed by atoms with E-state index in [1.54, 1.807) is 6.08 Å². The third-order valence-electron chi connectivity index (χ3n) is 7.39. The summed E-state index contributed by atoms with van der Waals surface area (Å²) in [7, 11) is 0. The van der Waals surface area contributed by atoms with Gasteiger partial charge in [-0.3, -0.25) is 14.5 Å². The summed E-state index contributed by atoms with van der Waals surface area (Å²) in [5.41, 5.74) is 10.2. The standard InChI is InChI=1S/C30H31BrN4O4/c1-17(2)28-27(30(38)39)26(18-8-4-3-5-9-18)23(35(28)25(16-24(32)36)34-12-6-7-13-34)15-21-20-14-19(31)10-11-22(20)33-29(21)37/h3-5,8-11,14-15,17,25H,6-7,12-13,16H2,1-2H3,(H2,32,36)(H,33,37)(H,38,39). The van der Waals surface area contributed by atoms with Crippen molar-refractivity contribution in [2.24, 2.45) is 5.73 Å². The number of nitrogens with one attached hydrogen (secondary N) is 1. The lowest BCUT2D eigenvalue weighted by Crippen LogP contribution is -2.35. The minimum atomic E-state index is -1.06. The number of carboxylic acid groups (broad SMARTS) is 1. The predicted octanol–water partition coefficient (Wildman–Crippen LogP) is 5.70. The molecule has 9 heteroatoms. The van der Waals surface area contributed by atoms with Crippen LogP contribution in [0.2, 0.25) is 0 Å². The van der Waals surface area contributed by atoms with E-state index in [-0.39, 0.29) is 23.8 Å². The van der Waals surface area contributed by atoms with Crippen LogP contribution < -0.4 is 11.1 Å². The van der Waals surface area contributed by atoms with Crippen molar-refractivity contribution in [3.8, 4) is 11.1 Å². The quantitative estimate of drug-likeness (QED) is 0.291. The maximum atomic E-state index is 13.3. The van der Waals surface area contributed by atoms with E-state index < -0.39 is 18.0 Å². The first-order valence-corrected chi connectivity index (χ1v) is 13.9. The molecule has 2 aliphatic rings. The summed E-state index contributed by atoms with van der Waals surface area (Å²) in [4.78, 5) is 40.8. The highest BCUT2D eigenvalue weighted by atomic mass is 79.9. The number of aromatic carboxylic acids is 1. The van der Waals surface area contributed by atoms with E-state index in [0.29, 0.717) is 28.2 Å². The van der Waals surface area contributed by atoms with E-state index in [1.165, 1.54) is 0 Å². The monoisotopic (exact) mass is 590 g/mol. The molecule has 8 nitrogen and oxygen atoms in total. The lowest BCUT2D eigenvalue weighted by molar-refractivity contribution is -0.120. The van der Waals surface area contributed by atoms with Crippen molar-refractivity contribution in [1.29, 1.82) is 0 Å². The Morgan fingerprint density at radius 3 is 2.44 bits per heavy atom. The SMILES string of the molecule is CC(C)c1c(C(=O)O)c(-c2ccccc2)c(C=C2C(=O)Nc3ccc(Br)cc32)n1C(CC(N)=O)N1CCCC1. The molecular weight excluding hydrogens is 560 g/mol. The predicted molar refractivity (Wildman–Crippen MR) is 155 cm³/mol. The number of rotatable bonds is 8. The Balaban J connectivity index is 1.90. The molecule has 2 aliphatic heterocycles. The van der Waals surface area contributed by atoms with Gasteiger partial charge in [0, 0.05) is 40.1 Å². The first-order chi connectivity index (χ1) is 18.7. The van der Waals surface area contributed by atoms with Crippen LogP contribution in [0.5, 0.6) is 0 Å². The first kappa shape index (κ1) is 26.9. The molecule has 1 unspecified atom stereocenters. The largest absolute Gasteiger partial charge is 0.478 e. The summed E-state index contributed by atoms with van der Waals surface area (Å²) < 4.78 is 2.78. The van der Waals surface area contributed by atoms with Gasteiger partial charge in [-0.15, -0.1) is 0 Å². The number of amides is 2. The van der Waals surface area contributed by atoms with Crippen LogP contribution in [0.1, 0.15) is 72.5 Å². The molecule has 0 bridgehead atoms. The lowest BCUT2D eigenvalue weighted by Gasteiger charge is -2.32. The Morgan fingerprint density at radius 2 is 1.82 bits per heavy atom. The Hall–Kier alpha value is -3.69. The fraction of sp³-hybridized carbons (Fsp3) is 0.300. The van der Waals surface area contributed by atoms with E-state index in [2.05, 4.69) is 26.1 Å². The van der Waals surface area contributed by atoms with Gasteiger partial charge in [0.2, 0.25) is 5.91 Å². The maximum Gasteiger partial charge on any atom is 0.338 e. The average molecular weight is 592 g/mol. The number of halogens is 1. The number of aromatic nitrogens is 1. The molecule has 0 radical (unpaired) electrons. The van der Waals surface area contributed by atoms with Crippen molar-refractivity contribution in [2.45, 2.75) is 45.2 Å². The molecule has 1 saturated heterocycles. The van der Waals surface area contributed by atoms with Gasteiger partial charge in [0.25, 0.3) is 5.91 Å². The Bertz CT molecular complexity index is 1490. The van der Waals surface area contributed by atoms with Crippen LogP contribution in [-0.2, 0) is 9.59 Å². The van der Waals surface area contributed by atoms with Crippen molar-refractivity contribution in [3.05, 3.63) is 75.5 Å². The fourth-order valence-corrected chi connectivity index (χ4v) is 6.17. The molecule has 39 heavy (non-hydrogen) atoms. The second kappa shape index (κ2) is 10.8. The molecule has 4 N–H and O–H groups in total. The molecule has 3 heterocycles. The molecule has 5 rings (SSSR count). The van der Waals surface area contributed by atoms with Crippen LogP contribution >= 0.6 is 15.9 Å². The molecule has 1 fully saturated rings. The van der Waals surface area contributed by atoms with Gasteiger partial charge in [0.05, 0.1) is 29.4 Å². The smallest absolute Gasteiger partial charge is 0.338 e. The van der Waals surface area contributed by atoms with Gasteiger partial charge in [-0.1, -0.05) is 60.1 Å². The number of nitrogens with two attached hydrogens (primary N) is 1. The topological polar surface area (TPSA) is 118 Å². The number of nitrogens with zero attached hydrogens (tertiary/aromatic N) is 2. The van der Waals surface area contributed by atoms with Gasteiger partial charge in [0.1, 0.15) is 0 Å². The summed E-state index contributed by atoms with van der Waals surface area (Å²) in [5, 5.41) is 13.5. The van der Waals surface area contributed by atoms with Gasteiger partial charge in [-0.25, -0.2) is 4.79 Å². The lowest BCUT2D eigenvalue weighted by atomic mass is 9.96. The highest BCUT2D eigenvalue weighted by Gasteiger charge is 2.36.